The van der Waals surface area contributed by atoms with Crippen LogP contribution in [0.4, 0.5) is 20.4 Å². The fraction of sp³-hybridized carbons (Fsp3) is 0.538. The predicted octanol–water partition coefficient (Wildman–Crippen LogP) is 5.01. The molecule has 1 atom stereocenters. The highest BCUT2D eigenvalue weighted by molar-refractivity contribution is 5.96. The molecule has 8 nitrogen and oxygen atoms in total. The topological polar surface area (TPSA) is 96.9 Å². The van der Waals surface area contributed by atoms with E-state index in [-0.39, 0.29) is 25.0 Å². The fourth-order valence-corrected chi connectivity index (χ4v) is 5.23. The predicted molar refractivity (Wildman–Crippen MR) is 134 cm³/mol. The highest BCUT2D eigenvalue weighted by Gasteiger charge is 2.28. The Morgan fingerprint density at radius 3 is 2.81 bits per heavy atom. The number of aromatic nitrogens is 4. The molecule has 192 valence electrons. The zero-order valence-electron chi connectivity index (χ0n) is 20.4. The van der Waals surface area contributed by atoms with Crippen molar-refractivity contribution in [1.29, 1.82) is 0 Å². The molecule has 1 aliphatic carbocycles. The van der Waals surface area contributed by atoms with E-state index in [1.54, 1.807) is 10.7 Å². The zero-order valence-corrected chi connectivity index (χ0v) is 20.4. The van der Waals surface area contributed by atoms with Gasteiger partial charge in [-0.1, -0.05) is 0 Å². The molecule has 2 N–H and O–H groups in total. The van der Waals surface area contributed by atoms with E-state index >= 15 is 0 Å². The van der Waals surface area contributed by atoms with Gasteiger partial charge in [-0.3, -0.25) is 4.99 Å². The summed E-state index contributed by atoms with van der Waals surface area (Å²) in [6, 6.07) is 5.77. The first-order valence-corrected chi connectivity index (χ1v) is 12.7. The SMILES string of the molecule is CC1=Nc2ccc(-c3ccn4nc(NCC5CCC(OCCO)CC5)ncc34)nc2[C@@H]1CCC(F)F. The first-order valence-electron chi connectivity index (χ1n) is 12.7. The molecule has 3 aromatic rings. The Hall–Kier alpha value is -2.98. The molecule has 0 unspecified atom stereocenters. The summed E-state index contributed by atoms with van der Waals surface area (Å²) in [7, 11) is 0. The first-order chi connectivity index (χ1) is 17.5. The van der Waals surface area contributed by atoms with Gasteiger partial charge in [-0.15, -0.1) is 5.10 Å². The van der Waals surface area contributed by atoms with Gasteiger partial charge in [0.1, 0.15) is 0 Å². The van der Waals surface area contributed by atoms with Gasteiger partial charge in [0.15, 0.2) is 0 Å². The zero-order chi connectivity index (χ0) is 25.1. The van der Waals surface area contributed by atoms with Gasteiger partial charge >= 0.3 is 0 Å². The van der Waals surface area contributed by atoms with Gasteiger partial charge in [-0.05, 0) is 63.1 Å². The molecule has 4 heterocycles. The number of nitrogens with zero attached hydrogens (tertiary/aromatic N) is 5. The van der Waals surface area contributed by atoms with Crippen LogP contribution in [0.3, 0.4) is 0 Å². The van der Waals surface area contributed by atoms with Crippen molar-refractivity contribution in [2.75, 3.05) is 25.1 Å². The largest absolute Gasteiger partial charge is 0.394 e. The molecule has 1 aliphatic heterocycles. The van der Waals surface area contributed by atoms with E-state index in [2.05, 4.69) is 20.4 Å². The van der Waals surface area contributed by atoms with Crippen molar-refractivity contribution in [3.8, 4) is 11.3 Å². The number of hydrogen-bond acceptors (Lipinski definition) is 7. The molecule has 0 aromatic carbocycles. The first kappa shape index (κ1) is 24.7. The average molecular weight is 499 g/mol. The molecular formula is C26H32F2N6O2. The third-order valence-corrected chi connectivity index (χ3v) is 7.19. The highest BCUT2D eigenvalue weighted by atomic mass is 19.3. The van der Waals surface area contributed by atoms with Crippen molar-refractivity contribution in [1.82, 2.24) is 19.6 Å². The molecule has 3 aromatic heterocycles. The number of halogens is 2. The number of hydrogen-bond donors (Lipinski definition) is 2. The molecule has 10 heteroatoms. The summed E-state index contributed by atoms with van der Waals surface area (Å²) in [6.07, 6.45) is 5.92. The number of alkyl halides is 2. The number of aliphatic hydroxyl groups is 1. The van der Waals surface area contributed by atoms with Crippen LogP contribution >= 0.6 is 0 Å². The summed E-state index contributed by atoms with van der Waals surface area (Å²) in [6.45, 7) is 3.16. The third kappa shape index (κ3) is 5.39. The summed E-state index contributed by atoms with van der Waals surface area (Å²) in [5, 5.41) is 16.9. The van der Waals surface area contributed by atoms with E-state index in [4.69, 9.17) is 14.8 Å². The number of aliphatic hydroxyl groups excluding tert-OH is 1. The third-order valence-electron chi connectivity index (χ3n) is 7.19. The van der Waals surface area contributed by atoms with Crippen molar-refractivity contribution in [3.63, 3.8) is 0 Å². The lowest BCUT2D eigenvalue weighted by Crippen LogP contribution is -2.26. The van der Waals surface area contributed by atoms with Gasteiger partial charge in [0.2, 0.25) is 12.4 Å². The normalized spacial score (nSPS) is 21.7. The molecule has 0 radical (unpaired) electrons. The quantitative estimate of drug-likeness (QED) is 0.408. The maximum Gasteiger partial charge on any atom is 0.241 e. The van der Waals surface area contributed by atoms with Crippen molar-refractivity contribution in [2.24, 2.45) is 10.9 Å². The molecule has 1 saturated carbocycles. The van der Waals surface area contributed by atoms with Crippen molar-refractivity contribution >= 4 is 22.9 Å². The van der Waals surface area contributed by atoms with Gasteiger partial charge in [0.25, 0.3) is 0 Å². The second kappa shape index (κ2) is 11.0. The Labute approximate surface area is 208 Å². The molecule has 36 heavy (non-hydrogen) atoms. The average Bonchev–Trinajstić information content (AvgIpc) is 3.44. The smallest absolute Gasteiger partial charge is 0.241 e. The number of pyridine rings is 1. The molecular weight excluding hydrogens is 466 g/mol. The monoisotopic (exact) mass is 498 g/mol. The Kier molecular flexibility index (Phi) is 7.52. The second-order valence-corrected chi connectivity index (χ2v) is 9.63. The van der Waals surface area contributed by atoms with Gasteiger partial charge in [0, 0.05) is 36.4 Å². The lowest BCUT2D eigenvalue weighted by molar-refractivity contribution is 0.00150. The van der Waals surface area contributed by atoms with Crippen LogP contribution in [0.5, 0.6) is 0 Å². The summed E-state index contributed by atoms with van der Waals surface area (Å²) in [4.78, 5) is 13.9. The van der Waals surface area contributed by atoms with Gasteiger partial charge in [-0.25, -0.2) is 23.3 Å². The Balaban J connectivity index is 1.25. The Bertz CT molecular complexity index is 1220. The molecule has 1 fully saturated rings. The minimum Gasteiger partial charge on any atom is -0.394 e. The molecule has 5 rings (SSSR count). The van der Waals surface area contributed by atoms with Gasteiger partial charge in [-0.2, -0.15) is 0 Å². The number of anilines is 1. The van der Waals surface area contributed by atoms with Crippen LogP contribution in [0.1, 0.15) is 57.1 Å². The van der Waals surface area contributed by atoms with Crippen LogP contribution in [0, 0.1) is 5.92 Å². The number of aliphatic imine (C=N–C) groups is 1. The molecule has 0 bridgehead atoms. The standard InChI is InChI=1S/C26H32F2N6O2/c1-16-19(6-9-24(27)28)25-22(31-16)8-7-21(32-25)20-10-11-34-23(20)15-30-26(33-34)29-14-17-2-4-18(5-3-17)36-13-12-35/h7-8,10-11,15,17-19,24,35H,2-6,9,12-14H2,1H3,(H,29,33)/t17?,18?,19-/m1/s1. The van der Waals surface area contributed by atoms with E-state index in [1.807, 2.05) is 31.3 Å². The maximum atomic E-state index is 12.8. The summed E-state index contributed by atoms with van der Waals surface area (Å²) >= 11 is 0. The van der Waals surface area contributed by atoms with Gasteiger partial charge in [0.05, 0.1) is 48.1 Å². The van der Waals surface area contributed by atoms with Crippen LogP contribution < -0.4 is 5.32 Å². The van der Waals surface area contributed by atoms with Crippen LogP contribution in [0.25, 0.3) is 16.8 Å². The van der Waals surface area contributed by atoms with E-state index in [0.29, 0.717) is 24.9 Å². The lowest BCUT2D eigenvalue weighted by Gasteiger charge is -2.28. The van der Waals surface area contributed by atoms with E-state index in [9.17, 15) is 8.78 Å². The number of nitrogens with one attached hydrogen (secondary N) is 1. The van der Waals surface area contributed by atoms with Crippen LogP contribution in [-0.4, -0.2) is 62.7 Å². The summed E-state index contributed by atoms with van der Waals surface area (Å²) in [5.74, 6) is 0.935. The van der Waals surface area contributed by atoms with Crippen LogP contribution in [-0.2, 0) is 4.74 Å². The van der Waals surface area contributed by atoms with Gasteiger partial charge < -0.3 is 15.2 Å². The lowest BCUT2D eigenvalue weighted by atomic mass is 9.87. The number of fused-ring (bicyclic) bond motifs is 2. The summed E-state index contributed by atoms with van der Waals surface area (Å²) < 4.78 is 33.1. The van der Waals surface area contributed by atoms with E-state index < -0.39 is 6.43 Å². The summed E-state index contributed by atoms with van der Waals surface area (Å²) in [5.41, 5.74) is 4.84. The van der Waals surface area contributed by atoms with Crippen molar-refractivity contribution < 1.29 is 18.6 Å². The number of ether oxygens (including phenoxy) is 1. The minimum atomic E-state index is -2.33. The fourth-order valence-electron chi connectivity index (χ4n) is 5.23. The Morgan fingerprint density at radius 2 is 2.03 bits per heavy atom. The maximum absolute atomic E-state index is 12.8. The van der Waals surface area contributed by atoms with E-state index in [0.717, 1.165) is 66.1 Å². The van der Waals surface area contributed by atoms with Crippen molar-refractivity contribution in [2.45, 2.75) is 63.9 Å². The Morgan fingerprint density at radius 1 is 1.19 bits per heavy atom. The highest BCUT2D eigenvalue weighted by Crippen LogP contribution is 2.39. The molecule has 2 aliphatic rings. The van der Waals surface area contributed by atoms with E-state index in [1.165, 1.54) is 0 Å². The minimum absolute atomic E-state index is 0.0703. The molecule has 0 spiro atoms. The molecule has 0 amide bonds. The van der Waals surface area contributed by atoms with Crippen LogP contribution in [0.15, 0.2) is 35.6 Å². The van der Waals surface area contributed by atoms with Crippen molar-refractivity contribution in [3.05, 3.63) is 36.3 Å². The number of rotatable bonds is 10. The molecule has 0 saturated heterocycles. The second-order valence-electron chi connectivity index (χ2n) is 9.63. The van der Waals surface area contributed by atoms with Crippen LogP contribution in [0.2, 0.25) is 0 Å².